The lowest BCUT2D eigenvalue weighted by Gasteiger charge is -2.08. The number of rotatable bonds is 5. The smallest absolute Gasteiger partial charge is 0.417 e. The molecule has 2 aromatic heterocycles. The van der Waals surface area contributed by atoms with Crippen molar-refractivity contribution in [1.82, 2.24) is 14.8 Å². The predicted octanol–water partition coefficient (Wildman–Crippen LogP) is 4.29. The van der Waals surface area contributed by atoms with Gasteiger partial charge in [-0.2, -0.15) is 18.3 Å². The number of halogens is 4. The molecule has 0 fully saturated rings. The maximum Gasteiger partial charge on any atom is 0.417 e. The van der Waals surface area contributed by atoms with Gasteiger partial charge in [0.25, 0.3) is 0 Å². The zero-order chi connectivity index (χ0) is 21.2. The lowest BCUT2D eigenvalue weighted by molar-refractivity contribution is -0.137. The van der Waals surface area contributed by atoms with Crippen molar-refractivity contribution >= 4 is 23.4 Å². The van der Waals surface area contributed by atoms with Crippen molar-refractivity contribution in [2.24, 2.45) is 0 Å². The van der Waals surface area contributed by atoms with Crippen LogP contribution < -0.4 is 0 Å². The molecule has 0 atom stereocenters. The second kappa shape index (κ2) is 8.04. The minimum atomic E-state index is -4.50. The minimum Gasteiger partial charge on any atom is -0.454 e. The van der Waals surface area contributed by atoms with Gasteiger partial charge >= 0.3 is 12.1 Å². The van der Waals surface area contributed by atoms with Crippen LogP contribution in [0, 0.1) is 6.92 Å². The van der Waals surface area contributed by atoms with Crippen molar-refractivity contribution in [3.8, 4) is 5.82 Å². The van der Waals surface area contributed by atoms with E-state index >= 15 is 0 Å². The van der Waals surface area contributed by atoms with Crippen molar-refractivity contribution in [1.29, 1.82) is 0 Å². The van der Waals surface area contributed by atoms with Gasteiger partial charge in [0.15, 0.2) is 18.2 Å². The van der Waals surface area contributed by atoms with E-state index in [1.165, 1.54) is 29.9 Å². The number of esters is 1. The first-order chi connectivity index (χ1) is 13.7. The van der Waals surface area contributed by atoms with Crippen LogP contribution >= 0.6 is 11.6 Å². The van der Waals surface area contributed by atoms with Gasteiger partial charge in [0.05, 0.1) is 17.5 Å². The summed E-state index contributed by atoms with van der Waals surface area (Å²) in [4.78, 5) is 28.1. The van der Waals surface area contributed by atoms with Crippen molar-refractivity contribution in [2.75, 3.05) is 6.61 Å². The fourth-order valence-electron chi connectivity index (χ4n) is 2.45. The number of aromatic nitrogens is 3. The number of Topliss-reactive ketones (excluding diaryl/α,β-unsaturated/α-hetero) is 1. The fraction of sp³-hybridized carbons (Fsp3) is 0.158. The van der Waals surface area contributed by atoms with Crippen molar-refractivity contribution < 1.29 is 27.5 Å². The van der Waals surface area contributed by atoms with Crippen LogP contribution in [0.25, 0.3) is 5.82 Å². The van der Waals surface area contributed by atoms with Crippen LogP contribution in [0.2, 0.25) is 5.02 Å². The molecule has 0 aliphatic heterocycles. The second-order valence-corrected chi connectivity index (χ2v) is 6.40. The molecule has 0 bridgehead atoms. The van der Waals surface area contributed by atoms with Crippen LogP contribution in [0.15, 0.2) is 48.8 Å². The monoisotopic (exact) mass is 423 g/mol. The van der Waals surface area contributed by atoms with Gasteiger partial charge in [-0.05, 0) is 43.3 Å². The largest absolute Gasteiger partial charge is 0.454 e. The molecule has 0 radical (unpaired) electrons. The number of hydrogen-bond donors (Lipinski definition) is 0. The Morgan fingerprint density at radius 3 is 2.38 bits per heavy atom. The van der Waals surface area contributed by atoms with Crippen molar-refractivity contribution in [3.05, 3.63) is 76.2 Å². The Balaban J connectivity index is 1.70. The number of ketones is 1. The van der Waals surface area contributed by atoms with Gasteiger partial charge in [-0.1, -0.05) is 11.6 Å². The molecule has 6 nitrogen and oxygen atoms in total. The van der Waals surface area contributed by atoms with Crippen LogP contribution in [0.5, 0.6) is 0 Å². The number of benzene rings is 1. The third-order valence-corrected chi connectivity index (χ3v) is 4.27. The highest BCUT2D eigenvalue weighted by atomic mass is 35.5. The number of pyridine rings is 1. The summed E-state index contributed by atoms with van der Waals surface area (Å²) in [6.45, 7) is 1.05. The van der Waals surface area contributed by atoms with E-state index < -0.39 is 30.1 Å². The number of carbonyl (C=O) groups excluding carboxylic acids is 2. The summed E-state index contributed by atoms with van der Waals surface area (Å²) in [5, 5.41) is 4.44. The van der Waals surface area contributed by atoms with Gasteiger partial charge in [0, 0.05) is 16.8 Å². The average molecular weight is 424 g/mol. The lowest BCUT2D eigenvalue weighted by Crippen LogP contribution is -2.15. The summed E-state index contributed by atoms with van der Waals surface area (Å²) in [6, 6.07) is 8.12. The Morgan fingerprint density at radius 1 is 1.10 bits per heavy atom. The van der Waals surface area contributed by atoms with Crippen LogP contribution in [-0.4, -0.2) is 33.1 Å². The van der Waals surface area contributed by atoms with E-state index in [1.807, 2.05) is 0 Å². The normalized spacial score (nSPS) is 11.3. The minimum absolute atomic E-state index is 0.0654. The maximum atomic E-state index is 12.6. The van der Waals surface area contributed by atoms with E-state index in [0.29, 0.717) is 22.5 Å². The van der Waals surface area contributed by atoms with E-state index in [4.69, 9.17) is 16.3 Å². The van der Waals surface area contributed by atoms with Crippen LogP contribution in [0.4, 0.5) is 13.2 Å². The molecule has 0 aliphatic carbocycles. The molecule has 0 saturated heterocycles. The first-order valence-electron chi connectivity index (χ1n) is 8.21. The van der Waals surface area contributed by atoms with Crippen molar-refractivity contribution in [2.45, 2.75) is 13.1 Å². The molecule has 0 saturated carbocycles. The summed E-state index contributed by atoms with van der Waals surface area (Å²) < 4.78 is 44.2. The Hall–Kier alpha value is -3.20. The average Bonchev–Trinajstić information content (AvgIpc) is 3.07. The maximum absolute atomic E-state index is 12.6. The van der Waals surface area contributed by atoms with E-state index in [-0.39, 0.29) is 11.4 Å². The summed E-state index contributed by atoms with van der Waals surface area (Å²) >= 11 is 5.76. The Labute approximate surface area is 167 Å². The second-order valence-electron chi connectivity index (χ2n) is 5.96. The Kier molecular flexibility index (Phi) is 5.69. The van der Waals surface area contributed by atoms with Gasteiger partial charge in [0.2, 0.25) is 0 Å². The third kappa shape index (κ3) is 4.62. The molecule has 150 valence electrons. The molecular weight excluding hydrogens is 411 g/mol. The predicted molar refractivity (Wildman–Crippen MR) is 97.2 cm³/mol. The van der Waals surface area contributed by atoms with E-state index in [9.17, 15) is 22.8 Å². The Morgan fingerprint density at radius 2 is 1.79 bits per heavy atom. The first-order valence-corrected chi connectivity index (χ1v) is 8.59. The topological polar surface area (TPSA) is 74.1 Å². The van der Waals surface area contributed by atoms with Crippen molar-refractivity contribution in [3.63, 3.8) is 0 Å². The van der Waals surface area contributed by atoms with Crippen LogP contribution in [0.1, 0.15) is 32.0 Å². The molecule has 3 aromatic rings. The molecule has 10 heteroatoms. The zero-order valence-corrected chi connectivity index (χ0v) is 15.7. The molecule has 29 heavy (non-hydrogen) atoms. The van der Waals surface area contributed by atoms with Crippen LogP contribution in [-0.2, 0) is 10.9 Å². The molecule has 3 rings (SSSR count). The highest BCUT2D eigenvalue weighted by molar-refractivity contribution is 6.30. The van der Waals surface area contributed by atoms with E-state index in [2.05, 4.69) is 10.1 Å². The summed E-state index contributed by atoms with van der Waals surface area (Å²) in [6.07, 6.45) is -2.63. The summed E-state index contributed by atoms with van der Waals surface area (Å²) in [5.41, 5.74) is -0.188. The Bertz CT molecular complexity index is 1050. The molecule has 0 aliphatic rings. The molecule has 1 aromatic carbocycles. The summed E-state index contributed by atoms with van der Waals surface area (Å²) in [5.74, 6) is -1.10. The summed E-state index contributed by atoms with van der Waals surface area (Å²) in [7, 11) is 0. The number of ether oxygens (including phenoxy) is 1. The molecule has 0 unspecified atom stereocenters. The van der Waals surface area contributed by atoms with Gasteiger partial charge in [-0.15, -0.1) is 0 Å². The number of hydrogen-bond acceptors (Lipinski definition) is 5. The fourth-order valence-corrected chi connectivity index (χ4v) is 2.57. The van der Waals surface area contributed by atoms with Gasteiger partial charge in [-0.3, -0.25) is 4.79 Å². The number of nitrogens with zero attached hydrogens (tertiary/aromatic N) is 3. The van der Waals surface area contributed by atoms with Gasteiger partial charge in [0.1, 0.15) is 5.56 Å². The van der Waals surface area contributed by atoms with Crippen LogP contribution in [0.3, 0.4) is 0 Å². The number of carbonyl (C=O) groups is 2. The molecule has 0 spiro atoms. The van der Waals surface area contributed by atoms with Gasteiger partial charge < -0.3 is 4.74 Å². The molecule has 2 heterocycles. The highest BCUT2D eigenvalue weighted by Gasteiger charge is 2.31. The third-order valence-electron chi connectivity index (χ3n) is 4.02. The quantitative estimate of drug-likeness (QED) is 0.452. The highest BCUT2D eigenvalue weighted by Crippen LogP contribution is 2.28. The lowest BCUT2D eigenvalue weighted by atomic mass is 10.1. The number of alkyl halides is 3. The first kappa shape index (κ1) is 20.5. The van der Waals surface area contributed by atoms with E-state index in [1.54, 1.807) is 12.1 Å². The zero-order valence-electron chi connectivity index (χ0n) is 14.9. The standard InChI is InChI=1S/C19H13ClF3N3O3/c1-11-15(18(28)29-10-16(27)12-2-5-14(20)6-3-12)9-25-26(11)17-7-4-13(8-24-17)19(21,22)23/h2-9H,10H2,1H3. The van der Waals surface area contributed by atoms with Gasteiger partial charge in [-0.25, -0.2) is 14.5 Å². The molecule has 0 N–H and O–H groups in total. The SMILES string of the molecule is Cc1c(C(=O)OCC(=O)c2ccc(Cl)cc2)cnn1-c1ccc(C(F)(F)F)cn1. The molecule has 0 amide bonds. The van der Waals surface area contributed by atoms with E-state index in [0.717, 1.165) is 12.1 Å². The molecular formula is C19H13ClF3N3O3.